The van der Waals surface area contributed by atoms with Crippen LogP contribution in [-0.4, -0.2) is 91.8 Å². The summed E-state index contributed by atoms with van der Waals surface area (Å²) in [6, 6.07) is 0. The number of aliphatic carboxylic acids is 3. The number of carboxylic acids is 3. The van der Waals surface area contributed by atoms with Gasteiger partial charge in [0.1, 0.15) is 0 Å². The van der Waals surface area contributed by atoms with E-state index < -0.39 is 49.8 Å². The Hall–Kier alpha value is -2.57. The van der Waals surface area contributed by atoms with E-state index in [-0.39, 0.29) is 16.7 Å². The topological polar surface area (TPSA) is 213 Å². The van der Waals surface area contributed by atoms with Crippen LogP contribution in [0.25, 0.3) is 0 Å². The lowest BCUT2D eigenvalue weighted by Crippen LogP contribution is -2.37. The number of hydrogen-bond acceptors (Lipinski definition) is 8. The SMILES string of the molecule is C=C(C)C(=O)O.C=C(C)C(=O)O.C=C(C)C(=O)O.CCCCO.OCC(CO)(CO)CO. The highest BCUT2D eigenvalue weighted by Gasteiger charge is 2.26. The van der Waals surface area contributed by atoms with Crippen LogP contribution in [0.1, 0.15) is 40.5 Å². The highest BCUT2D eigenvalue weighted by atomic mass is 16.4. The molecule has 11 heteroatoms. The van der Waals surface area contributed by atoms with Crippen molar-refractivity contribution in [1.29, 1.82) is 0 Å². The van der Waals surface area contributed by atoms with E-state index in [1.165, 1.54) is 20.8 Å². The zero-order valence-corrected chi connectivity index (χ0v) is 19.4. The van der Waals surface area contributed by atoms with Gasteiger partial charge in [-0.25, -0.2) is 14.4 Å². The van der Waals surface area contributed by atoms with Gasteiger partial charge in [0.15, 0.2) is 0 Å². The molecule has 0 amide bonds. The largest absolute Gasteiger partial charge is 0.478 e. The summed E-state index contributed by atoms with van der Waals surface area (Å²) in [5.41, 5.74) is -0.583. The fraction of sp³-hybridized carbons (Fsp3) is 0.571. The average Bonchev–Trinajstić information content (AvgIpc) is 2.72. The van der Waals surface area contributed by atoms with Gasteiger partial charge in [-0.15, -0.1) is 0 Å². The number of aliphatic hydroxyl groups is 5. The Morgan fingerprint density at radius 2 is 0.812 bits per heavy atom. The molecule has 0 unspecified atom stereocenters. The first-order chi connectivity index (χ1) is 14.6. The van der Waals surface area contributed by atoms with E-state index in [1.807, 2.05) is 0 Å². The Bertz CT molecular complexity index is 437. The van der Waals surface area contributed by atoms with Gasteiger partial charge in [-0.3, -0.25) is 0 Å². The Morgan fingerprint density at radius 3 is 0.812 bits per heavy atom. The van der Waals surface area contributed by atoms with Crippen molar-refractivity contribution >= 4 is 17.9 Å². The van der Waals surface area contributed by atoms with Crippen molar-refractivity contribution in [2.45, 2.75) is 40.5 Å². The molecule has 0 radical (unpaired) electrons. The molecule has 0 aromatic carbocycles. The van der Waals surface area contributed by atoms with Crippen LogP contribution in [-0.2, 0) is 14.4 Å². The van der Waals surface area contributed by atoms with Gasteiger partial charge in [0.25, 0.3) is 0 Å². The minimum Gasteiger partial charge on any atom is -0.478 e. The molecule has 0 aliphatic rings. The Kier molecular flexibility index (Phi) is 33.0. The number of rotatable bonds is 9. The molecule has 0 aliphatic carbocycles. The molecule has 0 rings (SSSR count). The van der Waals surface area contributed by atoms with Crippen LogP contribution in [0.5, 0.6) is 0 Å². The Balaban J connectivity index is -0.0000000966. The Morgan fingerprint density at radius 1 is 0.625 bits per heavy atom. The summed E-state index contributed by atoms with van der Waals surface area (Å²) in [6.45, 7) is 14.6. The zero-order chi connectivity index (χ0) is 26.9. The quantitative estimate of drug-likeness (QED) is 0.220. The van der Waals surface area contributed by atoms with Crippen LogP contribution in [0.2, 0.25) is 0 Å². The highest BCUT2D eigenvalue weighted by molar-refractivity contribution is 5.85. The van der Waals surface area contributed by atoms with Gasteiger partial charge < -0.3 is 40.9 Å². The molecular formula is C21H40O11. The van der Waals surface area contributed by atoms with Gasteiger partial charge >= 0.3 is 17.9 Å². The van der Waals surface area contributed by atoms with Gasteiger partial charge in [0.2, 0.25) is 0 Å². The summed E-state index contributed by atoms with van der Waals surface area (Å²) in [7, 11) is 0. The smallest absolute Gasteiger partial charge is 0.330 e. The van der Waals surface area contributed by atoms with Crippen molar-refractivity contribution in [3.05, 3.63) is 36.5 Å². The summed E-state index contributed by atoms with van der Waals surface area (Å²) in [5, 5.41) is 65.7. The number of carboxylic acid groups (broad SMARTS) is 3. The monoisotopic (exact) mass is 468 g/mol. The number of hydrogen-bond donors (Lipinski definition) is 8. The maximum absolute atomic E-state index is 9.60. The summed E-state index contributed by atoms with van der Waals surface area (Å²) in [6.07, 6.45) is 2.04. The zero-order valence-electron chi connectivity index (χ0n) is 19.4. The molecule has 0 aliphatic heterocycles. The van der Waals surface area contributed by atoms with Crippen LogP contribution in [0.3, 0.4) is 0 Å². The lowest BCUT2D eigenvalue weighted by molar-refractivity contribution is -0.133. The van der Waals surface area contributed by atoms with Gasteiger partial charge in [0.05, 0.1) is 31.8 Å². The van der Waals surface area contributed by atoms with Crippen molar-refractivity contribution in [1.82, 2.24) is 0 Å². The third-order valence-corrected chi connectivity index (χ3v) is 2.95. The van der Waals surface area contributed by atoms with Crippen molar-refractivity contribution < 1.29 is 55.2 Å². The van der Waals surface area contributed by atoms with Crippen LogP contribution >= 0.6 is 0 Å². The van der Waals surface area contributed by atoms with E-state index in [0.717, 1.165) is 12.8 Å². The van der Waals surface area contributed by atoms with Gasteiger partial charge in [-0.1, -0.05) is 33.1 Å². The molecular weight excluding hydrogens is 428 g/mol. The average molecular weight is 469 g/mol. The molecule has 190 valence electrons. The van der Waals surface area contributed by atoms with E-state index in [1.54, 1.807) is 0 Å². The molecule has 0 spiro atoms. The molecule has 0 saturated heterocycles. The Labute approximate surface area is 189 Å². The number of aliphatic hydroxyl groups excluding tert-OH is 5. The van der Waals surface area contributed by atoms with Crippen molar-refractivity contribution in [2.24, 2.45) is 5.41 Å². The fourth-order valence-corrected chi connectivity index (χ4v) is 0.458. The molecule has 0 heterocycles. The van der Waals surface area contributed by atoms with E-state index in [4.69, 9.17) is 40.9 Å². The maximum atomic E-state index is 9.60. The predicted molar refractivity (Wildman–Crippen MR) is 120 cm³/mol. The minimum atomic E-state index is -1.11. The highest BCUT2D eigenvalue weighted by Crippen LogP contribution is 2.11. The minimum absolute atomic E-state index is 0.176. The molecule has 0 aromatic heterocycles. The molecule has 32 heavy (non-hydrogen) atoms. The van der Waals surface area contributed by atoms with Crippen molar-refractivity contribution in [2.75, 3.05) is 33.0 Å². The van der Waals surface area contributed by atoms with Gasteiger partial charge in [-0.05, 0) is 27.2 Å². The fourth-order valence-electron chi connectivity index (χ4n) is 0.458. The van der Waals surface area contributed by atoms with Crippen LogP contribution in [0, 0.1) is 5.41 Å². The maximum Gasteiger partial charge on any atom is 0.330 e. The summed E-state index contributed by atoms with van der Waals surface area (Å²) in [5.74, 6) is -2.81. The van der Waals surface area contributed by atoms with Crippen LogP contribution in [0.15, 0.2) is 36.5 Å². The van der Waals surface area contributed by atoms with Gasteiger partial charge in [-0.2, -0.15) is 0 Å². The second-order valence-corrected chi connectivity index (χ2v) is 6.47. The van der Waals surface area contributed by atoms with Crippen LogP contribution in [0.4, 0.5) is 0 Å². The summed E-state index contributed by atoms with van der Waals surface area (Å²) in [4.78, 5) is 28.8. The predicted octanol–water partition coefficient (Wildman–Crippen LogP) is 0.662. The standard InChI is InChI=1S/C5H12O4.3C4H6O2.C4H10O/c6-1-5(2-7,3-8)4-9;3*1-3(2)4(5)6;1-2-3-4-5/h6-9H,1-4H2;3*1H2,2H3,(H,5,6);5H,2-4H2,1H3. The number of unbranched alkanes of at least 4 members (excludes halogenated alkanes) is 1. The third-order valence-electron chi connectivity index (χ3n) is 2.95. The lowest BCUT2D eigenvalue weighted by atomic mass is 9.93. The van der Waals surface area contributed by atoms with Crippen LogP contribution < -0.4 is 0 Å². The molecule has 0 atom stereocenters. The summed E-state index contributed by atoms with van der Waals surface area (Å²) < 4.78 is 0. The third kappa shape index (κ3) is 34.9. The molecule has 0 fully saturated rings. The first-order valence-electron chi connectivity index (χ1n) is 9.30. The molecule has 8 N–H and O–H groups in total. The van der Waals surface area contributed by atoms with E-state index in [9.17, 15) is 14.4 Å². The first kappa shape index (κ1) is 39.9. The van der Waals surface area contributed by atoms with Crippen molar-refractivity contribution in [3.63, 3.8) is 0 Å². The second-order valence-electron chi connectivity index (χ2n) is 6.47. The van der Waals surface area contributed by atoms with E-state index >= 15 is 0 Å². The number of carbonyl (C=O) groups is 3. The van der Waals surface area contributed by atoms with Gasteiger partial charge in [0, 0.05) is 23.3 Å². The van der Waals surface area contributed by atoms with E-state index in [2.05, 4.69) is 26.7 Å². The first-order valence-corrected chi connectivity index (χ1v) is 9.30. The lowest BCUT2D eigenvalue weighted by Gasteiger charge is -2.23. The molecule has 11 nitrogen and oxygen atoms in total. The second kappa shape index (κ2) is 26.5. The molecule has 0 aromatic rings. The normalized spacial score (nSPS) is 8.91. The molecule has 0 saturated carbocycles. The molecule has 0 bridgehead atoms. The van der Waals surface area contributed by atoms with Crippen molar-refractivity contribution in [3.8, 4) is 0 Å². The van der Waals surface area contributed by atoms with E-state index in [0.29, 0.717) is 6.61 Å². The summed E-state index contributed by atoms with van der Waals surface area (Å²) >= 11 is 0.